The van der Waals surface area contributed by atoms with E-state index in [0.717, 1.165) is 16.7 Å². The van der Waals surface area contributed by atoms with Crippen molar-refractivity contribution in [1.82, 2.24) is 4.90 Å². The zero-order valence-electron chi connectivity index (χ0n) is 16.1. The first-order chi connectivity index (χ1) is 13.3. The number of phenols is 1. The van der Waals surface area contributed by atoms with Crippen LogP contribution >= 0.6 is 11.8 Å². The summed E-state index contributed by atoms with van der Waals surface area (Å²) in [6, 6.07) is 3.25. The van der Waals surface area contributed by atoms with Crippen LogP contribution in [0.3, 0.4) is 0 Å². The minimum Gasteiger partial charge on any atom is -0.504 e. The molecule has 150 valence electrons. The van der Waals surface area contributed by atoms with Crippen molar-refractivity contribution in [3.8, 4) is 11.5 Å². The Morgan fingerprint density at radius 2 is 2.07 bits per heavy atom. The van der Waals surface area contributed by atoms with E-state index in [0.29, 0.717) is 17.5 Å². The molecule has 2 rings (SSSR count). The SMILES string of the molecule is C=CCc1cc(/C=C2\SC(=O)N(CC(=O)OCC(C)C)C2=O)cc(OC)c1O. The highest BCUT2D eigenvalue weighted by Gasteiger charge is 2.36. The van der Waals surface area contributed by atoms with Gasteiger partial charge < -0.3 is 14.6 Å². The maximum Gasteiger partial charge on any atom is 0.326 e. The molecule has 28 heavy (non-hydrogen) atoms. The van der Waals surface area contributed by atoms with Gasteiger partial charge in [-0.05, 0) is 47.9 Å². The van der Waals surface area contributed by atoms with Gasteiger partial charge >= 0.3 is 5.97 Å². The van der Waals surface area contributed by atoms with Gasteiger partial charge in [-0.3, -0.25) is 19.3 Å². The lowest BCUT2D eigenvalue weighted by atomic mass is 10.1. The molecule has 1 aromatic rings. The van der Waals surface area contributed by atoms with Crippen LogP contribution in [0.4, 0.5) is 4.79 Å². The molecule has 0 saturated carbocycles. The summed E-state index contributed by atoms with van der Waals surface area (Å²) in [6.45, 7) is 7.24. The summed E-state index contributed by atoms with van der Waals surface area (Å²) < 4.78 is 10.2. The lowest BCUT2D eigenvalue weighted by Gasteiger charge is -2.12. The Morgan fingerprint density at radius 3 is 2.68 bits per heavy atom. The standard InChI is InChI=1S/C20H23NO6S/c1-5-6-14-7-13(8-15(26-4)18(14)23)9-16-19(24)21(20(25)28-16)10-17(22)27-11-12(2)3/h5,7-9,12,23H,1,6,10-11H2,2-4H3/b16-9-. The van der Waals surface area contributed by atoms with E-state index in [1.54, 1.807) is 18.2 Å². The molecule has 8 heteroatoms. The van der Waals surface area contributed by atoms with Crippen molar-refractivity contribution in [1.29, 1.82) is 0 Å². The van der Waals surface area contributed by atoms with Crippen LogP contribution in [0.5, 0.6) is 11.5 Å². The van der Waals surface area contributed by atoms with Gasteiger partial charge in [0.1, 0.15) is 6.54 Å². The summed E-state index contributed by atoms with van der Waals surface area (Å²) in [5.41, 5.74) is 1.16. The van der Waals surface area contributed by atoms with Crippen molar-refractivity contribution in [2.75, 3.05) is 20.3 Å². The van der Waals surface area contributed by atoms with Crippen molar-refractivity contribution < 1.29 is 29.0 Å². The summed E-state index contributed by atoms with van der Waals surface area (Å²) in [7, 11) is 1.42. The molecule has 0 aliphatic carbocycles. The monoisotopic (exact) mass is 405 g/mol. The van der Waals surface area contributed by atoms with Gasteiger partial charge in [-0.2, -0.15) is 0 Å². The Hall–Kier alpha value is -2.74. The molecule has 1 N–H and O–H groups in total. The molecule has 1 saturated heterocycles. The van der Waals surface area contributed by atoms with Gasteiger partial charge in [0.05, 0.1) is 18.6 Å². The molecular formula is C20H23NO6S. The number of aromatic hydroxyl groups is 1. The van der Waals surface area contributed by atoms with Crippen molar-refractivity contribution >= 4 is 35.0 Å². The Morgan fingerprint density at radius 1 is 1.36 bits per heavy atom. The third-order valence-corrected chi connectivity index (χ3v) is 4.70. The summed E-state index contributed by atoms with van der Waals surface area (Å²) >= 11 is 0.747. The number of ether oxygens (including phenoxy) is 2. The van der Waals surface area contributed by atoms with Gasteiger partial charge in [0.15, 0.2) is 11.5 Å². The van der Waals surface area contributed by atoms with Crippen LogP contribution in [0.2, 0.25) is 0 Å². The average molecular weight is 405 g/mol. The van der Waals surface area contributed by atoms with Crippen molar-refractivity contribution in [2.45, 2.75) is 20.3 Å². The molecule has 0 aromatic heterocycles. The highest BCUT2D eigenvalue weighted by atomic mass is 32.2. The van der Waals surface area contributed by atoms with Crippen LogP contribution < -0.4 is 4.74 Å². The van der Waals surface area contributed by atoms with E-state index < -0.39 is 23.7 Å². The summed E-state index contributed by atoms with van der Waals surface area (Å²) in [5, 5.41) is 9.62. The molecule has 1 fully saturated rings. The molecule has 0 atom stereocenters. The zero-order chi connectivity index (χ0) is 20.8. The fourth-order valence-corrected chi connectivity index (χ4v) is 3.30. The third-order valence-electron chi connectivity index (χ3n) is 3.80. The van der Waals surface area contributed by atoms with E-state index in [9.17, 15) is 19.5 Å². The van der Waals surface area contributed by atoms with E-state index in [1.807, 2.05) is 13.8 Å². The van der Waals surface area contributed by atoms with Gasteiger partial charge in [0, 0.05) is 5.56 Å². The predicted octanol–water partition coefficient (Wildman–Crippen LogP) is 3.36. The second-order valence-corrected chi connectivity index (χ2v) is 7.56. The first-order valence-corrected chi connectivity index (χ1v) is 9.50. The number of imide groups is 1. The summed E-state index contributed by atoms with van der Waals surface area (Å²) in [4.78, 5) is 37.6. The van der Waals surface area contributed by atoms with Crippen LogP contribution in [0.15, 0.2) is 29.7 Å². The van der Waals surface area contributed by atoms with E-state index >= 15 is 0 Å². The first-order valence-electron chi connectivity index (χ1n) is 8.68. The Bertz CT molecular complexity index is 830. The number of rotatable bonds is 8. The lowest BCUT2D eigenvalue weighted by Crippen LogP contribution is -2.34. The largest absolute Gasteiger partial charge is 0.504 e. The van der Waals surface area contributed by atoms with Gasteiger partial charge in [-0.1, -0.05) is 19.9 Å². The highest BCUT2D eigenvalue weighted by molar-refractivity contribution is 8.18. The van der Waals surface area contributed by atoms with E-state index in [-0.39, 0.29) is 28.9 Å². The van der Waals surface area contributed by atoms with Gasteiger partial charge in [-0.25, -0.2) is 0 Å². The van der Waals surface area contributed by atoms with Crippen molar-refractivity contribution in [3.05, 3.63) is 40.8 Å². The molecule has 1 aromatic carbocycles. The molecule has 7 nitrogen and oxygen atoms in total. The predicted molar refractivity (Wildman–Crippen MR) is 107 cm³/mol. The summed E-state index contributed by atoms with van der Waals surface area (Å²) in [5.74, 6) is -0.777. The number of esters is 1. The highest BCUT2D eigenvalue weighted by Crippen LogP contribution is 2.36. The number of hydrogen-bond donors (Lipinski definition) is 1. The van der Waals surface area contributed by atoms with Gasteiger partial charge in [-0.15, -0.1) is 6.58 Å². The quantitative estimate of drug-likeness (QED) is 0.403. The summed E-state index contributed by atoms with van der Waals surface area (Å²) in [6.07, 6.45) is 3.57. The molecule has 1 heterocycles. The van der Waals surface area contributed by atoms with Gasteiger partial charge in [0.25, 0.3) is 11.1 Å². The van der Waals surface area contributed by atoms with Crippen LogP contribution in [0.1, 0.15) is 25.0 Å². The lowest BCUT2D eigenvalue weighted by molar-refractivity contribution is -0.147. The number of phenolic OH excluding ortho intramolecular Hbond substituents is 1. The number of amides is 2. The van der Waals surface area contributed by atoms with Crippen LogP contribution in [0.25, 0.3) is 6.08 Å². The minimum atomic E-state index is -0.628. The van der Waals surface area contributed by atoms with E-state index in [4.69, 9.17) is 9.47 Å². The van der Waals surface area contributed by atoms with Crippen LogP contribution in [0, 0.1) is 5.92 Å². The number of benzene rings is 1. The van der Waals surface area contributed by atoms with Crippen LogP contribution in [-0.2, 0) is 20.7 Å². The van der Waals surface area contributed by atoms with E-state index in [2.05, 4.69) is 6.58 Å². The Labute approximate surface area is 168 Å². The maximum atomic E-state index is 12.5. The number of carbonyl (C=O) groups excluding carboxylic acids is 3. The molecule has 1 aliphatic rings. The van der Waals surface area contributed by atoms with Crippen LogP contribution in [-0.4, -0.2) is 47.4 Å². The molecule has 0 bridgehead atoms. The Balaban J connectivity index is 2.22. The van der Waals surface area contributed by atoms with E-state index in [1.165, 1.54) is 13.2 Å². The number of allylic oxidation sites excluding steroid dienone is 1. The number of thioether (sulfide) groups is 1. The topological polar surface area (TPSA) is 93.1 Å². The smallest absolute Gasteiger partial charge is 0.326 e. The fraction of sp³-hybridized carbons (Fsp3) is 0.350. The fourth-order valence-electron chi connectivity index (χ4n) is 2.46. The van der Waals surface area contributed by atoms with Gasteiger partial charge in [0.2, 0.25) is 0 Å². The van der Waals surface area contributed by atoms with Crippen molar-refractivity contribution in [3.63, 3.8) is 0 Å². The third kappa shape index (κ3) is 5.16. The normalized spacial score (nSPS) is 15.4. The van der Waals surface area contributed by atoms with Crippen molar-refractivity contribution in [2.24, 2.45) is 5.92 Å². The first kappa shape index (κ1) is 21.6. The second-order valence-electron chi connectivity index (χ2n) is 6.57. The second kappa shape index (κ2) is 9.45. The molecule has 0 unspecified atom stereocenters. The zero-order valence-corrected chi connectivity index (χ0v) is 16.9. The maximum absolute atomic E-state index is 12.5. The average Bonchev–Trinajstić information content (AvgIpc) is 2.90. The number of methoxy groups -OCH3 is 1. The number of carbonyl (C=O) groups is 3. The molecule has 0 spiro atoms. The Kier molecular flexibility index (Phi) is 7.28. The molecule has 0 radical (unpaired) electrons. The number of hydrogen-bond acceptors (Lipinski definition) is 7. The molecule has 1 aliphatic heterocycles. The number of nitrogens with zero attached hydrogens (tertiary/aromatic N) is 1. The molecular weight excluding hydrogens is 382 g/mol. The molecule has 2 amide bonds. The minimum absolute atomic E-state index is 0.000511.